The van der Waals surface area contributed by atoms with Gasteiger partial charge in [0, 0.05) is 22.8 Å². The number of aromatic nitrogens is 2. The van der Waals surface area contributed by atoms with E-state index in [0.717, 1.165) is 16.8 Å². The first-order valence-electron chi connectivity index (χ1n) is 7.88. The maximum Gasteiger partial charge on any atom is 0.230 e. The van der Waals surface area contributed by atoms with Crippen molar-refractivity contribution >= 4 is 22.4 Å². The zero-order chi connectivity index (χ0) is 16.9. The fourth-order valence-electron chi connectivity index (χ4n) is 2.29. The van der Waals surface area contributed by atoms with Gasteiger partial charge >= 0.3 is 0 Å². The Labute approximate surface area is 145 Å². The van der Waals surface area contributed by atoms with Gasteiger partial charge in [-0.15, -0.1) is 11.3 Å². The Morgan fingerprint density at radius 3 is 2.54 bits per heavy atom. The van der Waals surface area contributed by atoms with Crippen LogP contribution in [0.15, 0.2) is 54.9 Å². The number of hydrogen-bond donors (Lipinski definition) is 1. The predicted molar refractivity (Wildman–Crippen MR) is 98.2 cm³/mol. The highest BCUT2D eigenvalue weighted by Gasteiger charge is 2.09. The molecule has 4 nitrogen and oxygen atoms in total. The van der Waals surface area contributed by atoms with E-state index in [1.165, 1.54) is 16.2 Å². The third-order valence-electron chi connectivity index (χ3n) is 3.62. The normalized spacial score (nSPS) is 10.8. The van der Waals surface area contributed by atoms with Crippen molar-refractivity contribution in [2.45, 2.75) is 26.2 Å². The summed E-state index contributed by atoms with van der Waals surface area (Å²) >= 11 is 1.53. The molecule has 1 aromatic carbocycles. The maximum absolute atomic E-state index is 12.2. The second-order valence-corrected chi connectivity index (χ2v) is 6.92. The highest BCUT2D eigenvalue weighted by molar-refractivity contribution is 7.15. The van der Waals surface area contributed by atoms with Gasteiger partial charge in [-0.1, -0.05) is 44.2 Å². The third-order valence-corrected chi connectivity index (χ3v) is 4.83. The quantitative estimate of drug-likeness (QED) is 0.745. The van der Waals surface area contributed by atoms with Gasteiger partial charge in [0.15, 0.2) is 5.13 Å². The lowest BCUT2D eigenvalue weighted by atomic mass is 10.1. The summed E-state index contributed by atoms with van der Waals surface area (Å²) in [5, 5.41) is 3.53. The van der Waals surface area contributed by atoms with Gasteiger partial charge in [0.25, 0.3) is 0 Å². The molecular weight excluding hydrogens is 318 g/mol. The van der Waals surface area contributed by atoms with Crippen LogP contribution in [0.1, 0.15) is 30.2 Å². The number of amides is 1. The van der Waals surface area contributed by atoms with E-state index in [1.54, 1.807) is 6.20 Å². The summed E-state index contributed by atoms with van der Waals surface area (Å²) in [4.78, 5) is 21.9. The number of carbonyl (C=O) groups is 1. The van der Waals surface area contributed by atoms with Crippen LogP contribution >= 0.6 is 11.3 Å². The number of hydrogen-bond acceptors (Lipinski definition) is 4. The number of carbonyl (C=O) groups excluding carboxylic acids is 1. The SMILES string of the molecule is CC(C)c1cnc(NC(=O)Cc2ccc(-c3ccccn3)cc2)s1. The van der Waals surface area contributed by atoms with Crippen LogP contribution in [0, 0.1) is 0 Å². The molecule has 122 valence electrons. The number of anilines is 1. The van der Waals surface area contributed by atoms with E-state index in [1.807, 2.05) is 48.7 Å². The van der Waals surface area contributed by atoms with E-state index in [2.05, 4.69) is 29.1 Å². The Morgan fingerprint density at radius 1 is 1.12 bits per heavy atom. The van der Waals surface area contributed by atoms with Crippen molar-refractivity contribution in [3.05, 3.63) is 65.3 Å². The van der Waals surface area contributed by atoms with Crippen LogP contribution in [0.5, 0.6) is 0 Å². The van der Waals surface area contributed by atoms with Gasteiger partial charge in [0.05, 0.1) is 12.1 Å². The van der Waals surface area contributed by atoms with Gasteiger partial charge < -0.3 is 5.32 Å². The Hall–Kier alpha value is -2.53. The lowest BCUT2D eigenvalue weighted by molar-refractivity contribution is -0.115. The molecule has 3 rings (SSSR count). The summed E-state index contributed by atoms with van der Waals surface area (Å²) in [6.07, 6.45) is 3.93. The average Bonchev–Trinajstić information content (AvgIpc) is 3.05. The van der Waals surface area contributed by atoms with Crippen molar-refractivity contribution in [3.8, 4) is 11.3 Å². The summed E-state index contributed by atoms with van der Waals surface area (Å²) in [6, 6.07) is 13.7. The lowest BCUT2D eigenvalue weighted by Gasteiger charge is -2.04. The zero-order valence-electron chi connectivity index (χ0n) is 13.7. The highest BCUT2D eigenvalue weighted by Crippen LogP contribution is 2.25. The molecule has 2 aromatic heterocycles. The molecular formula is C19H19N3OS. The number of nitrogens with zero attached hydrogens (tertiary/aromatic N) is 2. The smallest absolute Gasteiger partial charge is 0.230 e. The fraction of sp³-hybridized carbons (Fsp3) is 0.211. The Morgan fingerprint density at radius 2 is 1.92 bits per heavy atom. The standard InChI is InChI=1S/C19H19N3OS/c1-13(2)17-12-21-19(24-17)22-18(23)11-14-6-8-15(9-7-14)16-5-3-4-10-20-16/h3-10,12-13H,11H2,1-2H3,(H,21,22,23). The first-order valence-corrected chi connectivity index (χ1v) is 8.69. The van der Waals surface area contributed by atoms with Gasteiger partial charge in [-0.3, -0.25) is 9.78 Å². The second-order valence-electron chi connectivity index (χ2n) is 5.86. The molecule has 0 aliphatic heterocycles. The molecule has 3 aromatic rings. The van der Waals surface area contributed by atoms with Crippen LogP contribution in [0.2, 0.25) is 0 Å². The minimum absolute atomic E-state index is 0.0507. The lowest BCUT2D eigenvalue weighted by Crippen LogP contribution is -2.14. The minimum atomic E-state index is -0.0507. The van der Waals surface area contributed by atoms with Gasteiger partial charge in [0.2, 0.25) is 5.91 Å². The average molecular weight is 337 g/mol. The van der Waals surface area contributed by atoms with E-state index < -0.39 is 0 Å². The second kappa shape index (κ2) is 7.36. The Kier molecular flexibility index (Phi) is 5.01. The summed E-state index contributed by atoms with van der Waals surface area (Å²) < 4.78 is 0. The molecule has 0 bridgehead atoms. The van der Waals surface area contributed by atoms with Crippen molar-refractivity contribution < 1.29 is 4.79 Å². The van der Waals surface area contributed by atoms with Crippen LogP contribution < -0.4 is 5.32 Å². The Bertz CT molecular complexity index is 810. The molecule has 5 heteroatoms. The molecule has 0 spiro atoms. The minimum Gasteiger partial charge on any atom is -0.302 e. The molecule has 0 atom stereocenters. The van der Waals surface area contributed by atoms with E-state index in [4.69, 9.17) is 0 Å². The van der Waals surface area contributed by atoms with Gasteiger partial charge in [-0.05, 0) is 23.6 Å². The first-order chi connectivity index (χ1) is 11.6. The number of pyridine rings is 1. The van der Waals surface area contributed by atoms with Crippen molar-refractivity contribution in [1.82, 2.24) is 9.97 Å². The predicted octanol–water partition coefficient (Wildman–Crippen LogP) is 4.51. The summed E-state index contributed by atoms with van der Waals surface area (Å²) in [5.41, 5.74) is 2.94. The molecule has 0 radical (unpaired) electrons. The van der Waals surface area contributed by atoms with Crippen molar-refractivity contribution in [2.75, 3.05) is 5.32 Å². The first kappa shape index (κ1) is 16.3. The highest BCUT2D eigenvalue weighted by atomic mass is 32.1. The molecule has 0 aliphatic rings. The van der Waals surface area contributed by atoms with Gasteiger partial charge in [0.1, 0.15) is 0 Å². The van der Waals surface area contributed by atoms with Gasteiger partial charge in [-0.2, -0.15) is 0 Å². The Balaban J connectivity index is 1.62. The molecule has 0 fully saturated rings. The summed E-state index contributed by atoms with van der Waals surface area (Å²) in [6.45, 7) is 4.23. The monoisotopic (exact) mass is 337 g/mol. The van der Waals surface area contributed by atoms with E-state index >= 15 is 0 Å². The molecule has 0 saturated heterocycles. The molecule has 24 heavy (non-hydrogen) atoms. The van der Waals surface area contributed by atoms with Gasteiger partial charge in [-0.25, -0.2) is 4.98 Å². The molecule has 1 amide bonds. The maximum atomic E-state index is 12.2. The number of thiazole rings is 1. The fourth-order valence-corrected chi connectivity index (χ4v) is 3.12. The number of rotatable bonds is 5. The van der Waals surface area contributed by atoms with Crippen LogP contribution in [-0.2, 0) is 11.2 Å². The molecule has 0 unspecified atom stereocenters. The molecule has 2 heterocycles. The largest absolute Gasteiger partial charge is 0.302 e. The molecule has 1 N–H and O–H groups in total. The number of nitrogens with one attached hydrogen (secondary N) is 1. The van der Waals surface area contributed by atoms with Crippen LogP contribution in [0.25, 0.3) is 11.3 Å². The zero-order valence-corrected chi connectivity index (χ0v) is 14.5. The molecule has 0 aliphatic carbocycles. The van der Waals surface area contributed by atoms with Crippen LogP contribution in [0.3, 0.4) is 0 Å². The van der Waals surface area contributed by atoms with Crippen molar-refractivity contribution in [2.24, 2.45) is 0 Å². The summed E-state index contributed by atoms with van der Waals surface area (Å²) in [5.74, 6) is 0.373. The van der Waals surface area contributed by atoms with E-state index in [0.29, 0.717) is 17.5 Å². The molecule has 0 saturated carbocycles. The van der Waals surface area contributed by atoms with E-state index in [-0.39, 0.29) is 5.91 Å². The third kappa shape index (κ3) is 4.06. The van der Waals surface area contributed by atoms with Crippen LogP contribution in [0.4, 0.5) is 5.13 Å². The van der Waals surface area contributed by atoms with Crippen LogP contribution in [-0.4, -0.2) is 15.9 Å². The van der Waals surface area contributed by atoms with Crippen molar-refractivity contribution in [3.63, 3.8) is 0 Å². The van der Waals surface area contributed by atoms with Crippen molar-refractivity contribution in [1.29, 1.82) is 0 Å². The number of benzene rings is 1. The summed E-state index contributed by atoms with van der Waals surface area (Å²) in [7, 11) is 0. The van der Waals surface area contributed by atoms with E-state index in [9.17, 15) is 4.79 Å². The topological polar surface area (TPSA) is 54.9 Å².